The van der Waals surface area contributed by atoms with Gasteiger partial charge in [0.2, 0.25) is 0 Å². The summed E-state index contributed by atoms with van der Waals surface area (Å²) in [6.07, 6.45) is -1.84. The Labute approximate surface area is 234 Å². The van der Waals surface area contributed by atoms with Crippen molar-refractivity contribution < 1.29 is 43.2 Å². The molecule has 1 aromatic carbocycles. The molecule has 0 spiro atoms. The number of carbonyl (C=O) groups is 4. The van der Waals surface area contributed by atoms with E-state index in [9.17, 15) is 24.3 Å². The molecule has 3 aliphatic carbocycles. The lowest BCUT2D eigenvalue weighted by Gasteiger charge is -2.30. The highest BCUT2D eigenvalue weighted by Crippen LogP contribution is 2.68. The quantitative estimate of drug-likeness (QED) is 0.258. The Morgan fingerprint density at radius 3 is 2.15 bits per heavy atom. The Balaban J connectivity index is 1.67. The van der Waals surface area contributed by atoms with Crippen LogP contribution in [0.3, 0.4) is 0 Å². The third-order valence-electron chi connectivity index (χ3n) is 9.57. The Morgan fingerprint density at radius 2 is 1.55 bits per heavy atom. The number of fused-ring (bicyclic) bond motifs is 1. The molecule has 0 radical (unpaired) electrons. The van der Waals surface area contributed by atoms with Crippen LogP contribution in [-0.4, -0.2) is 64.4 Å². The molecule has 5 rings (SSSR count). The second-order valence-corrected chi connectivity index (χ2v) is 12.6. The minimum Gasteiger partial charge on any atom is -0.461 e. The summed E-state index contributed by atoms with van der Waals surface area (Å²) >= 11 is 0. The molecule has 0 bridgehead atoms. The summed E-state index contributed by atoms with van der Waals surface area (Å²) in [5.74, 6) is -3.76. The number of hydrogen-bond donors (Lipinski definition) is 1. The largest absolute Gasteiger partial charge is 0.461 e. The Hall–Kier alpha value is -3.04. The van der Waals surface area contributed by atoms with Crippen molar-refractivity contribution in [3.63, 3.8) is 0 Å². The zero-order valence-electron chi connectivity index (χ0n) is 24.0. The first-order valence-corrected chi connectivity index (χ1v) is 13.9. The lowest BCUT2D eigenvalue weighted by Crippen LogP contribution is -2.43. The Kier molecular flexibility index (Phi) is 6.78. The number of carbonyl (C=O) groups excluding carboxylic acids is 4. The summed E-state index contributed by atoms with van der Waals surface area (Å²) in [6, 6.07) is 8.51. The summed E-state index contributed by atoms with van der Waals surface area (Å²) in [5.41, 5.74) is -2.32. The number of ether oxygens (including phenoxy) is 4. The van der Waals surface area contributed by atoms with E-state index >= 15 is 0 Å². The molecular weight excluding hydrogens is 516 g/mol. The molecule has 0 aromatic heterocycles. The number of ketones is 1. The number of rotatable bonds is 4. The van der Waals surface area contributed by atoms with E-state index < -0.39 is 70.8 Å². The minimum atomic E-state index is -1.32. The molecule has 40 heavy (non-hydrogen) atoms. The van der Waals surface area contributed by atoms with Crippen molar-refractivity contribution >= 4 is 23.7 Å². The van der Waals surface area contributed by atoms with Crippen molar-refractivity contribution in [2.75, 3.05) is 0 Å². The first-order valence-electron chi connectivity index (χ1n) is 13.9. The monoisotopic (exact) mass is 554 g/mol. The molecule has 2 saturated carbocycles. The van der Waals surface area contributed by atoms with Crippen molar-refractivity contribution in [3.05, 3.63) is 47.5 Å². The lowest BCUT2D eigenvalue weighted by molar-refractivity contribution is -0.154. The standard InChI is InChI=1S/C31H38O9/c1-15-13-30-26(34)16(2)14-31(30,40-30)27(35)17(3)24(38-19(5)33)21-22(29(21,6)7)25(23(15)37-18(4)32)39-28(36)20-11-9-8-10-12-20/h8-13,16-17,21-26,34H,14H2,1-7H3/b15-13+/t16-,17-,21+,22-,23-,24+,25?,26-,30+,31+/m1/s1. The lowest BCUT2D eigenvalue weighted by atomic mass is 9.80. The summed E-state index contributed by atoms with van der Waals surface area (Å²) in [4.78, 5) is 52.3. The summed E-state index contributed by atoms with van der Waals surface area (Å²) in [7, 11) is 0. The van der Waals surface area contributed by atoms with E-state index in [1.807, 2.05) is 20.8 Å². The number of aliphatic hydroxyl groups is 1. The highest BCUT2D eigenvalue weighted by atomic mass is 16.7. The maximum absolute atomic E-state index is 14.2. The summed E-state index contributed by atoms with van der Waals surface area (Å²) in [6.45, 7) is 11.8. The molecule has 1 aromatic rings. The van der Waals surface area contributed by atoms with E-state index in [1.54, 1.807) is 50.3 Å². The second kappa shape index (κ2) is 9.52. The third kappa shape index (κ3) is 4.20. The summed E-state index contributed by atoms with van der Waals surface area (Å²) in [5, 5.41) is 11.2. The van der Waals surface area contributed by atoms with Crippen LogP contribution in [0.4, 0.5) is 0 Å². The Bertz CT molecular complexity index is 1270. The first-order chi connectivity index (χ1) is 18.7. The smallest absolute Gasteiger partial charge is 0.338 e. The van der Waals surface area contributed by atoms with Crippen LogP contribution in [0, 0.1) is 29.1 Å². The molecule has 0 amide bonds. The van der Waals surface area contributed by atoms with Crippen LogP contribution in [0.25, 0.3) is 0 Å². The van der Waals surface area contributed by atoms with Gasteiger partial charge >= 0.3 is 17.9 Å². The normalized spacial score (nSPS) is 42.5. The van der Waals surface area contributed by atoms with Crippen LogP contribution >= 0.6 is 0 Å². The molecule has 1 unspecified atom stereocenters. The van der Waals surface area contributed by atoms with E-state index in [0.717, 1.165) is 0 Å². The molecule has 1 aliphatic heterocycles. The maximum atomic E-state index is 14.2. The van der Waals surface area contributed by atoms with E-state index in [0.29, 0.717) is 17.6 Å². The van der Waals surface area contributed by atoms with Gasteiger partial charge in [-0.3, -0.25) is 14.4 Å². The number of esters is 3. The third-order valence-corrected chi connectivity index (χ3v) is 9.57. The van der Waals surface area contributed by atoms with Gasteiger partial charge in [0.15, 0.2) is 23.1 Å². The average Bonchev–Trinajstić information content (AvgIpc) is 3.68. The van der Waals surface area contributed by atoms with Crippen LogP contribution < -0.4 is 0 Å². The predicted molar refractivity (Wildman–Crippen MR) is 142 cm³/mol. The van der Waals surface area contributed by atoms with Crippen molar-refractivity contribution in [3.8, 4) is 0 Å². The molecule has 10 atom stereocenters. The fraction of sp³-hybridized carbons (Fsp3) is 0.613. The topological polar surface area (TPSA) is 129 Å². The van der Waals surface area contributed by atoms with Crippen molar-refractivity contribution in [2.24, 2.45) is 29.1 Å². The van der Waals surface area contributed by atoms with Gasteiger partial charge in [0, 0.05) is 25.7 Å². The van der Waals surface area contributed by atoms with Gasteiger partial charge in [0.05, 0.1) is 17.6 Å². The number of Topliss-reactive ketones (excluding diaryl/α,β-unsaturated/α-hetero) is 1. The maximum Gasteiger partial charge on any atom is 0.338 e. The Morgan fingerprint density at radius 1 is 0.950 bits per heavy atom. The molecule has 9 heteroatoms. The number of aliphatic hydroxyl groups excluding tert-OH is 1. The van der Waals surface area contributed by atoms with Crippen LogP contribution in [0.15, 0.2) is 42.0 Å². The van der Waals surface area contributed by atoms with Crippen molar-refractivity contribution in [1.82, 2.24) is 0 Å². The van der Waals surface area contributed by atoms with Crippen LogP contribution in [0.1, 0.15) is 65.2 Å². The molecule has 1 N–H and O–H groups in total. The first kappa shape index (κ1) is 28.5. The fourth-order valence-electron chi connectivity index (χ4n) is 7.60. The number of hydrogen-bond acceptors (Lipinski definition) is 9. The molecule has 1 saturated heterocycles. The van der Waals surface area contributed by atoms with Crippen molar-refractivity contribution in [1.29, 1.82) is 0 Å². The van der Waals surface area contributed by atoms with Crippen LogP contribution in [0.2, 0.25) is 0 Å². The zero-order valence-corrected chi connectivity index (χ0v) is 24.0. The second-order valence-electron chi connectivity index (χ2n) is 12.6. The molecule has 9 nitrogen and oxygen atoms in total. The van der Waals surface area contributed by atoms with Gasteiger partial charge in [-0.2, -0.15) is 0 Å². The predicted octanol–water partition coefficient (Wildman–Crippen LogP) is 3.42. The van der Waals surface area contributed by atoms with Crippen molar-refractivity contribution in [2.45, 2.75) is 90.5 Å². The highest BCUT2D eigenvalue weighted by molar-refractivity contribution is 5.96. The van der Waals surface area contributed by atoms with Gasteiger partial charge in [-0.25, -0.2) is 4.79 Å². The van der Waals surface area contributed by atoms with E-state index in [2.05, 4.69) is 0 Å². The fourth-order valence-corrected chi connectivity index (χ4v) is 7.60. The van der Waals surface area contributed by atoms with Gasteiger partial charge in [-0.05, 0) is 48.5 Å². The molecule has 3 fully saturated rings. The molecule has 1 heterocycles. The molecule has 4 aliphatic rings. The molecule has 216 valence electrons. The number of benzene rings is 1. The minimum absolute atomic E-state index is 0.239. The SMILES string of the molecule is CC(=O)O[C@@H]1[C@@H]2[C@H](C(OC(=O)c3ccccc3)[C@H](OC(C)=O)/C(C)=C/[C@@]34O[C@@]3(C[C@@H](C)[C@H]4O)C(=O)[C@@H]1C)C2(C)C. The van der Waals surface area contributed by atoms with E-state index in [4.69, 9.17) is 18.9 Å². The van der Waals surface area contributed by atoms with Crippen LogP contribution in [0.5, 0.6) is 0 Å². The zero-order chi connectivity index (χ0) is 29.4. The van der Waals surface area contributed by atoms with Gasteiger partial charge < -0.3 is 24.1 Å². The number of epoxide rings is 1. The van der Waals surface area contributed by atoms with Gasteiger partial charge in [0.25, 0.3) is 0 Å². The van der Waals surface area contributed by atoms with Crippen LogP contribution in [-0.2, 0) is 33.3 Å². The van der Waals surface area contributed by atoms with Gasteiger partial charge in [-0.1, -0.05) is 45.9 Å². The molecular formula is C31H38O9. The van der Waals surface area contributed by atoms with E-state index in [-0.39, 0.29) is 17.6 Å². The van der Waals surface area contributed by atoms with Gasteiger partial charge in [0.1, 0.15) is 12.2 Å². The highest BCUT2D eigenvalue weighted by Gasteiger charge is 2.82. The van der Waals surface area contributed by atoms with Gasteiger partial charge in [-0.15, -0.1) is 0 Å². The summed E-state index contributed by atoms with van der Waals surface area (Å²) < 4.78 is 24.0. The average molecular weight is 555 g/mol. The van der Waals surface area contributed by atoms with E-state index in [1.165, 1.54) is 13.8 Å².